The Morgan fingerprint density at radius 2 is 2.04 bits per heavy atom. The number of thiophene rings is 2. The van der Waals surface area contributed by atoms with E-state index in [1.54, 1.807) is 11.3 Å². The molecule has 3 heterocycles. The highest BCUT2D eigenvalue weighted by atomic mass is 32.1. The smallest absolute Gasteiger partial charge is 0.238 e. The van der Waals surface area contributed by atoms with Gasteiger partial charge in [-0.25, -0.2) is 0 Å². The lowest BCUT2D eigenvalue weighted by atomic mass is 9.98. The maximum absolute atomic E-state index is 12.8. The van der Waals surface area contributed by atoms with Crippen molar-refractivity contribution in [2.45, 2.75) is 25.8 Å². The molecule has 4 rings (SSSR count). The number of carbonyl (C=O) groups is 1. The summed E-state index contributed by atoms with van der Waals surface area (Å²) in [5, 5.41) is 7.41. The topological polar surface area (TPSA) is 32.3 Å². The Hall–Kier alpha value is -1.95. The van der Waals surface area contributed by atoms with Crippen molar-refractivity contribution in [2.75, 3.05) is 18.4 Å². The fraction of sp³-hybridized carbons (Fsp3) is 0.286. The van der Waals surface area contributed by atoms with Crippen LogP contribution in [0.4, 0.5) is 5.69 Å². The number of hydrogen-bond donors (Lipinski definition) is 1. The summed E-state index contributed by atoms with van der Waals surface area (Å²) in [6.45, 7) is 3.44. The van der Waals surface area contributed by atoms with Crippen molar-refractivity contribution in [3.05, 3.63) is 74.1 Å². The molecule has 134 valence electrons. The summed E-state index contributed by atoms with van der Waals surface area (Å²) >= 11 is 3.60. The van der Waals surface area contributed by atoms with Gasteiger partial charge in [-0.2, -0.15) is 0 Å². The normalized spacial score (nSPS) is 17.0. The molecule has 1 atom stereocenters. The second kappa shape index (κ2) is 7.74. The van der Waals surface area contributed by atoms with Gasteiger partial charge in [0.25, 0.3) is 0 Å². The van der Waals surface area contributed by atoms with Crippen LogP contribution in [0, 0.1) is 0 Å². The molecule has 3 nitrogen and oxygen atoms in total. The van der Waals surface area contributed by atoms with E-state index in [9.17, 15) is 4.79 Å². The fourth-order valence-electron chi connectivity index (χ4n) is 3.64. The van der Waals surface area contributed by atoms with Crippen LogP contribution in [0.25, 0.3) is 0 Å². The van der Waals surface area contributed by atoms with E-state index >= 15 is 0 Å². The molecule has 1 aliphatic heterocycles. The Morgan fingerprint density at radius 3 is 2.85 bits per heavy atom. The molecular formula is C21H22N2OS2. The lowest BCUT2D eigenvalue weighted by Crippen LogP contribution is -2.40. The van der Waals surface area contributed by atoms with Crippen molar-refractivity contribution >= 4 is 34.3 Å². The predicted octanol–water partition coefficient (Wildman–Crippen LogP) is 4.96. The van der Waals surface area contributed by atoms with Gasteiger partial charge in [0.1, 0.15) is 0 Å². The molecule has 0 radical (unpaired) electrons. The van der Waals surface area contributed by atoms with Crippen LogP contribution < -0.4 is 5.32 Å². The number of anilines is 1. The van der Waals surface area contributed by atoms with E-state index in [0.717, 1.165) is 25.1 Å². The molecule has 0 unspecified atom stereocenters. The van der Waals surface area contributed by atoms with Crippen molar-refractivity contribution in [2.24, 2.45) is 0 Å². The molecule has 3 aromatic rings. The highest BCUT2D eigenvalue weighted by molar-refractivity contribution is 7.10. The SMILES string of the molecule is CCc1ccccc1NC(=O)CN1CCc2sccc2[C@H]1c1cccs1. The standard InChI is InChI=1S/C21H22N2OS2/c1-2-15-6-3-4-7-17(15)22-20(24)14-23-11-9-18-16(10-13-26-18)21(23)19-8-5-12-25-19/h3-8,10,12-13,21H,2,9,11,14H2,1H3,(H,22,24)/t21-/m0/s1. The van der Waals surface area contributed by atoms with Gasteiger partial charge in [-0.15, -0.1) is 22.7 Å². The second-order valence-corrected chi connectivity index (χ2v) is 8.48. The van der Waals surface area contributed by atoms with E-state index in [-0.39, 0.29) is 11.9 Å². The molecule has 0 saturated carbocycles. The number of carbonyl (C=O) groups excluding carboxylic acids is 1. The van der Waals surface area contributed by atoms with E-state index in [4.69, 9.17) is 0 Å². The molecule has 0 fully saturated rings. The first kappa shape index (κ1) is 17.5. The quantitative estimate of drug-likeness (QED) is 0.676. The Kier molecular flexibility index (Phi) is 5.20. The number of rotatable bonds is 5. The van der Waals surface area contributed by atoms with Crippen LogP contribution in [-0.4, -0.2) is 23.9 Å². The summed E-state index contributed by atoms with van der Waals surface area (Å²) < 4.78 is 0. The van der Waals surface area contributed by atoms with Gasteiger partial charge in [-0.1, -0.05) is 31.2 Å². The highest BCUT2D eigenvalue weighted by Crippen LogP contribution is 2.39. The van der Waals surface area contributed by atoms with Crippen LogP contribution >= 0.6 is 22.7 Å². The number of nitrogens with zero attached hydrogens (tertiary/aromatic N) is 1. The van der Waals surface area contributed by atoms with E-state index in [0.29, 0.717) is 6.54 Å². The molecule has 1 aliphatic rings. The molecule has 0 bridgehead atoms. The number of hydrogen-bond acceptors (Lipinski definition) is 4. The maximum Gasteiger partial charge on any atom is 0.238 e. The lowest BCUT2D eigenvalue weighted by molar-refractivity contribution is -0.117. The van der Waals surface area contributed by atoms with Gasteiger partial charge in [0, 0.05) is 22.0 Å². The molecule has 1 amide bonds. The summed E-state index contributed by atoms with van der Waals surface area (Å²) in [5.41, 5.74) is 3.47. The van der Waals surface area contributed by atoms with Crippen LogP contribution in [0.3, 0.4) is 0 Å². The monoisotopic (exact) mass is 382 g/mol. The van der Waals surface area contributed by atoms with Crippen LogP contribution in [0.2, 0.25) is 0 Å². The Morgan fingerprint density at radius 1 is 1.15 bits per heavy atom. The van der Waals surface area contributed by atoms with E-state index < -0.39 is 0 Å². The third-order valence-electron chi connectivity index (χ3n) is 4.90. The van der Waals surface area contributed by atoms with Crippen LogP contribution in [-0.2, 0) is 17.6 Å². The van der Waals surface area contributed by atoms with Crippen molar-refractivity contribution in [1.82, 2.24) is 4.90 Å². The third-order valence-corrected chi connectivity index (χ3v) is 6.82. The first-order chi connectivity index (χ1) is 12.8. The summed E-state index contributed by atoms with van der Waals surface area (Å²) in [6.07, 6.45) is 1.93. The average Bonchev–Trinajstić information content (AvgIpc) is 3.33. The van der Waals surface area contributed by atoms with E-state index in [1.165, 1.54) is 20.9 Å². The van der Waals surface area contributed by atoms with Gasteiger partial charge in [0.2, 0.25) is 5.91 Å². The van der Waals surface area contributed by atoms with Crippen molar-refractivity contribution < 1.29 is 4.79 Å². The average molecular weight is 383 g/mol. The molecule has 26 heavy (non-hydrogen) atoms. The summed E-state index contributed by atoms with van der Waals surface area (Å²) in [7, 11) is 0. The van der Waals surface area contributed by atoms with Gasteiger partial charge < -0.3 is 5.32 Å². The number of benzene rings is 1. The molecule has 5 heteroatoms. The number of aryl methyl sites for hydroxylation is 1. The van der Waals surface area contributed by atoms with Gasteiger partial charge in [-0.05, 0) is 52.9 Å². The van der Waals surface area contributed by atoms with Crippen LogP contribution in [0.5, 0.6) is 0 Å². The Bertz CT molecular complexity index is 885. The minimum absolute atomic E-state index is 0.0612. The van der Waals surface area contributed by atoms with Crippen LogP contribution in [0.1, 0.15) is 33.8 Å². The first-order valence-corrected chi connectivity index (χ1v) is 10.7. The van der Waals surface area contributed by atoms with Gasteiger partial charge in [0.05, 0.1) is 12.6 Å². The molecule has 0 spiro atoms. The second-order valence-electron chi connectivity index (χ2n) is 6.50. The molecule has 2 aromatic heterocycles. The number of fused-ring (bicyclic) bond motifs is 1. The summed E-state index contributed by atoms with van der Waals surface area (Å²) in [4.78, 5) is 17.8. The van der Waals surface area contributed by atoms with Crippen molar-refractivity contribution in [1.29, 1.82) is 0 Å². The Labute approximate surface area is 162 Å². The van der Waals surface area contributed by atoms with Crippen molar-refractivity contribution in [3.63, 3.8) is 0 Å². The minimum atomic E-state index is 0.0612. The highest BCUT2D eigenvalue weighted by Gasteiger charge is 2.31. The molecule has 0 saturated heterocycles. The van der Waals surface area contributed by atoms with Gasteiger partial charge in [0.15, 0.2) is 0 Å². The largest absolute Gasteiger partial charge is 0.325 e. The molecule has 1 aromatic carbocycles. The van der Waals surface area contributed by atoms with Gasteiger partial charge >= 0.3 is 0 Å². The maximum atomic E-state index is 12.8. The minimum Gasteiger partial charge on any atom is -0.325 e. The molecular weight excluding hydrogens is 360 g/mol. The zero-order valence-electron chi connectivity index (χ0n) is 14.8. The summed E-state index contributed by atoms with van der Waals surface area (Å²) in [6, 6.07) is 14.7. The lowest BCUT2D eigenvalue weighted by Gasteiger charge is -2.34. The van der Waals surface area contributed by atoms with E-state index in [2.05, 4.69) is 52.2 Å². The van der Waals surface area contributed by atoms with E-state index in [1.807, 2.05) is 29.5 Å². The first-order valence-electron chi connectivity index (χ1n) is 8.97. The zero-order valence-corrected chi connectivity index (χ0v) is 16.4. The zero-order chi connectivity index (χ0) is 17.9. The third kappa shape index (κ3) is 3.47. The Balaban J connectivity index is 1.54. The van der Waals surface area contributed by atoms with Crippen LogP contribution in [0.15, 0.2) is 53.2 Å². The number of amides is 1. The summed E-state index contributed by atoms with van der Waals surface area (Å²) in [5.74, 6) is 0.0612. The molecule has 0 aliphatic carbocycles. The van der Waals surface area contributed by atoms with Gasteiger partial charge in [-0.3, -0.25) is 9.69 Å². The molecule has 1 N–H and O–H groups in total. The number of para-hydroxylation sites is 1. The predicted molar refractivity (Wildman–Crippen MR) is 110 cm³/mol. The van der Waals surface area contributed by atoms with Crippen molar-refractivity contribution in [3.8, 4) is 0 Å². The fourth-order valence-corrected chi connectivity index (χ4v) is 5.42. The number of nitrogens with one attached hydrogen (secondary N) is 1.